The first-order valence-electron chi connectivity index (χ1n) is 8.37. The van der Waals surface area contributed by atoms with Gasteiger partial charge in [-0.15, -0.1) is 0 Å². The maximum Gasteiger partial charge on any atom is 0.261 e. The maximum absolute atomic E-state index is 12.7. The number of nitrogens with one attached hydrogen (secondary N) is 1. The maximum atomic E-state index is 12.7. The van der Waals surface area contributed by atoms with Crippen molar-refractivity contribution in [1.82, 2.24) is 20.2 Å². The van der Waals surface area contributed by atoms with Crippen LogP contribution in [0.3, 0.4) is 0 Å². The Labute approximate surface area is 154 Å². The van der Waals surface area contributed by atoms with Crippen LogP contribution >= 0.6 is 0 Å². The van der Waals surface area contributed by atoms with Crippen molar-refractivity contribution in [3.8, 4) is 11.3 Å². The fourth-order valence-electron chi connectivity index (χ4n) is 2.91. The summed E-state index contributed by atoms with van der Waals surface area (Å²) >= 11 is 0. The van der Waals surface area contributed by atoms with Gasteiger partial charge in [0.05, 0.1) is 0 Å². The predicted molar refractivity (Wildman–Crippen MR) is 100 cm³/mol. The summed E-state index contributed by atoms with van der Waals surface area (Å²) in [5.41, 5.74) is 3.39. The highest BCUT2D eigenvalue weighted by atomic mass is 16.6. The zero-order valence-electron chi connectivity index (χ0n) is 14.5. The molecule has 1 amide bonds. The highest BCUT2D eigenvalue weighted by Gasteiger charge is 2.17. The predicted octanol–water partition coefficient (Wildman–Crippen LogP) is 2.85. The number of carbonyl (C=O) groups excluding carboxylic acids is 1. The lowest BCUT2D eigenvalue weighted by Crippen LogP contribution is -2.31. The van der Waals surface area contributed by atoms with E-state index in [4.69, 9.17) is 0 Å². The molecule has 0 atom stereocenters. The Hall–Kier alpha value is -3.74. The van der Waals surface area contributed by atoms with Gasteiger partial charge in [0.1, 0.15) is 16.6 Å². The lowest BCUT2D eigenvalue weighted by atomic mass is 10.1. The molecule has 0 aliphatic heterocycles. The third kappa shape index (κ3) is 3.35. The van der Waals surface area contributed by atoms with E-state index in [-0.39, 0.29) is 11.5 Å². The largest absolute Gasteiger partial charge is 0.337 e. The Morgan fingerprint density at radius 2 is 1.81 bits per heavy atom. The van der Waals surface area contributed by atoms with Crippen LogP contribution in [0, 0.1) is 0 Å². The van der Waals surface area contributed by atoms with E-state index in [2.05, 4.69) is 19.9 Å². The lowest BCUT2D eigenvalue weighted by Gasteiger charge is -2.17. The van der Waals surface area contributed by atoms with Crippen LogP contribution in [-0.2, 0) is 6.54 Å². The number of nitrogens with zero attached hydrogens (tertiary/aromatic N) is 3. The van der Waals surface area contributed by atoms with Crippen molar-refractivity contribution in [3.63, 3.8) is 0 Å². The van der Waals surface area contributed by atoms with Gasteiger partial charge in [-0.3, -0.25) is 9.59 Å². The number of hydrogen-bond acceptors (Lipinski definition) is 5. The molecule has 0 saturated carbocycles. The highest BCUT2D eigenvalue weighted by Crippen LogP contribution is 2.16. The van der Waals surface area contributed by atoms with E-state index < -0.39 is 5.56 Å². The topological polar surface area (TPSA) is 92.1 Å². The third-order valence-electron chi connectivity index (χ3n) is 4.31. The first-order chi connectivity index (χ1) is 13.1. The van der Waals surface area contributed by atoms with Crippen LogP contribution in [0.25, 0.3) is 22.3 Å². The van der Waals surface area contributed by atoms with E-state index in [1.54, 1.807) is 31.3 Å². The highest BCUT2D eigenvalue weighted by molar-refractivity contribution is 5.94. The van der Waals surface area contributed by atoms with Gasteiger partial charge in [0.2, 0.25) is 0 Å². The molecule has 0 bridgehead atoms. The zero-order valence-corrected chi connectivity index (χ0v) is 14.5. The average Bonchev–Trinajstić information content (AvgIpc) is 3.16. The SMILES string of the molecule is CN(Cc1ccc2nonc2c1)C(=O)c1ccc(-c2ccccc2)[nH]c1=O. The molecule has 0 aliphatic rings. The average molecular weight is 360 g/mol. The van der Waals surface area contributed by atoms with Gasteiger partial charge >= 0.3 is 0 Å². The smallest absolute Gasteiger partial charge is 0.261 e. The van der Waals surface area contributed by atoms with Gasteiger partial charge in [-0.05, 0) is 45.7 Å². The number of H-pyrrole nitrogens is 1. The van der Waals surface area contributed by atoms with Crippen LogP contribution in [0.2, 0.25) is 0 Å². The van der Waals surface area contributed by atoms with Crippen molar-refractivity contribution in [2.75, 3.05) is 7.05 Å². The molecule has 7 heteroatoms. The molecule has 2 aromatic heterocycles. The molecule has 7 nitrogen and oxygen atoms in total. The Morgan fingerprint density at radius 3 is 2.59 bits per heavy atom. The van der Waals surface area contributed by atoms with Crippen molar-refractivity contribution < 1.29 is 9.42 Å². The molecule has 0 radical (unpaired) electrons. The lowest BCUT2D eigenvalue weighted by molar-refractivity contribution is 0.0783. The summed E-state index contributed by atoms with van der Waals surface area (Å²) in [5, 5.41) is 7.55. The third-order valence-corrected chi connectivity index (χ3v) is 4.31. The number of aromatic nitrogens is 3. The summed E-state index contributed by atoms with van der Waals surface area (Å²) in [6.45, 7) is 0.335. The minimum atomic E-state index is -0.413. The van der Waals surface area contributed by atoms with Crippen molar-refractivity contribution >= 4 is 16.9 Å². The van der Waals surface area contributed by atoms with Crippen LogP contribution in [0.1, 0.15) is 15.9 Å². The van der Waals surface area contributed by atoms with Gasteiger partial charge in [-0.1, -0.05) is 36.4 Å². The summed E-state index contributed by atoms with van der Waals surface area (Å²) in [4.78, 5) is 29.4. The van der Waals surface area contributed by atoms with E-state index in [0.29, 0.717) is 23.3 Å². The summed E-state index contributed by atoms with van der Waals surface area (Å²) in [6, 6.07) is 18.2. The van der Waals surface area contributed by atoms with Crippen LogP contribution in [-0.4, -0.2) is 33.2 Å². The minimum absolute atomic E-state index is 0.0985. The molecule has 0 aliphatic carbocycles. The van der Waals surface area contributed by atoms with Gasteiger partial charge in [0.25, 0.3) is 11.5 Å². The number of pyridine rings is 1. The van der Waals surface area contributed by atoms with Crippen molar-refractivity contribution in [3.05, 3.63) is 82.1 Å². The number of carbonyl (C=O) groups is 1. The molecular formula is C20H16N4O3. The molecular weight excluding hydrogens is 344 g/mol. The number of amides is 1. The van der Waals surface area contributed by atoms with Crippen LogP contribution in [0.15, 0.2) is 70.1 Å². The second-order valence-corrected chi connectivity index (χ2v) is 6.23. The van der Waals surface area contributed by atoms with Gasteiger partial charge in [-0.25, -0.2) is 4.63 Å². The monoisotopic (exact) mass is 360 g/mol. The molecule has 0 saturated heterocycles. The Bertz CT molecular complexity index is 1160. The summed E-state index contributed by atoms with van der Waals surface area (Å²) in [6.07, 6.45) is 0. The molecule has 27 heavy (non-hydrogen) atoms. The van der Waals surface area contributed by atoms with Crippen LogP contribution in [0.5, 0.6) is 0 Å². The van der Waals surface area contributed by atoms with E-state index in [1.807, 2.05) is 36.4 Å². The van der Waals surface area contributed by atoms with Crippen molar-refractivity contribution in [2.24, 2.45) is 0 Å². The van der Waals surface area contributed by atoms with Gasteiger partial charge in [0.15, 0.2) is 0 Å². The molecule has 0 unspecified atom stereocenters. The standard InChI is InChI=1S/C20H16N4O3/c1-24(12-13-7-9-17-18(11-13)23-27-22-17)20(26)15-8-10-16(21-19(15)25)14-5-3-2-4-6-14/h2-11H,12H2,1H3,(H,21,25). The summed E-state index contributed by atoms with van der Waals surface area (Å²) in [7, 11) is 1.65. The molecule has 0 fully saturated rings. The molecule has 134 valence electrons. The van der Waals surface area contributed by atoms with Crippen LogP contribution < -0.4 is 5.56 Å². The van der Waals surface area contributed by atoms with Crippen LogP contribution in [0.4, 0.5) is 0 Å². The molecule has 2 heterocycles. The van der Waals surface area contributed by atoms with Gasteiger partial charge < -0.3 is 9.88 Å². The van der Waals surface area contributed by atoms with E-state index in [1.165, 1.54) is 4.90 Å². The van der Waals surface area contributed by atoms with E-state index in [0.717, 1.165) is 11.1 Å². The van der Waals surface area contributed by atoms with E-state index >= 15 is 0 Å². The summed E-state index contributed by atoms with van der Waals surface area (Å²) < 4.78 is 4.68. The first kappa shape index (κ1) is 16.7. The summed E-state index contributed by atoms with van der Waals surface area (Å²) in [5.74, 6) is -0.353. The van der Waals surface area contributed by atoms with E-state index in [9.17, 15) is 9.59 Å². The van der Waals surface area contributed by atoms with Gasteiger partial charge in [-0.2, -0.15) is 0 Å². The number of fused-ring (bicyclic) bond motifs is 1. The first-order valence-corrected chi connectivity index (χ1v) is 8.37. The van der Waals surface area contributed by atoms with Crippen molar-refractivity contribution in [2.45, 2.75) is 6.54 Å². The normalized spacial score (nSPS) is 10.9. The Morgan fingerprint density at radius 1 is 1.04 bits per heavy atom. The number of benzene rings is 2. The quantitative estimate of drug-likeness (QED) is 0.604. The Balaban J connectivity index is 1.55. The second kappa shape index (κ2) is 6.87. The zero-order chi connectivity index (χ0) is 18.8. The molecule has 2 aromatic carbocycles. The molecule has 4 aromatic rings. The fraction of sp³-hybridized carbons (Fsp3) is 0.100. The fourth-order valence-corrected chi connectivity index (χ4v) is 2.91. The second-order valence-electron chi connectivity index (χ2n) is 6.23. The molecule has 0 spiro atoms. The number of hydrogen-bond donors (Lipinski definition) is 1. The number of rotatable bonds is 4. The Kier molecular flexibility index (Phi) is 4.25. The minimum Gasteiger partial charge on any atom is -0.337 e. The molecule has 4 rings (SSSR count). The number of aromatic amines is 1. The van der Waals surface area contributed by atoms with Gasteiger partial charge in [0, 0.05) is 19.3 Å². The molecule has 1 N–H and O–H groups in total. The van der Waals surface area contributed by atoms with Crippen molar-refractivity contribution in [1.29, 1.82) is 0 Å².